The van der Waals surface area contributed by atoms with Crippen LogP contribution in [-0.2, 0) is 0 Å². The molecule has 0 saturated heterocycles. The first-order valence-electron chi connectivity index (χ1n) is 10.7. The molecule has 0 bridgehead atoms. The van der Waals surface area contributed by atoms with Crippen molar-refractivity contribution in [2.75, 3.05) is 16.0 Å². The van der Waals surface area contributed by atoms with E-state index in [1.165, 1.54) is 43.6 Å². The molecule has 0 atom stereocenters. The van der Waals surface area contributed by atoms with Crippen molar-refractivity contribution in [3.05, 3.63) is 89.2 Å². The predicted molar refractivity (Wildman–Crippen MR) is 131 cm³/mol. The second-order valence-corrected chi connectivity index (χ2v) is 7.92. The van der Waals surface area contributed by atoms with E-state index in [0.29, 0.717) is 5.39 Å². The first kappa shape index (κ1) is 25.1. The number of para-hydroxylation sites is 1. The van der Waals surface area contributed by atoms with Crippen LogP contribution in [-0.4, -0.2) is 34.0 Å². The van der Waals surface area contributed by atoms with Gasteiger partial charge in [-0.05, 0) is 48.9 Å². The number of nitrogens with zero attached hydrogens (tertiary/aromatic N) is 3. The van der Waals surface area contributed by atoms with Crippen LogP contribution in [0, 0.1) is 6.92 Å². The van der Waals surface area contributed by atoms with Gasteiger partial charge in [-0.15, -0.1) is 13.2 Å². The maximum absolute atomic E-state index is 14.2. The largest absolute Gasteiger partial charge is 0.491 e. The van der Waals surface area contributed by atoms with E-state index >= 15 is 0 Å². The lowest BCUT2D eigenvalue weighted by molar-refractivity contribution is -0.122. The van der Waals surface area contributed by atoms with Crippen molar-refractivity contribution < 1.29 is 27.6 Å². The van der Waals surface area contributed by atoms with E-state index in [-0.39, 0.29) is 39.3 Å². The highest BCUT2D eigenvalue weighted by Crippen LogP contribution is 2.37. The lowest BCUT2D eigenvalue weighted by Crippen LogP contribution is -2.43. The molecule has 5 N–H and O–H groups in total. The van der Waals surface area contributed by atoms with Gasteiger partial charge in [-0.1, -0.05) is 24.3 Å². The Morgan fingerprint density at radius 1 is 0.946 bits per heavy atom. The highest BCUT2D eigenvalue weighted by Gasteiger charge is 2.44. The summed E-state index contributed by atoms with van der Waals surface area (Å²) in [6.45, 7) is 1.27. The summed E-state index contributed by atoms with van der Waals surface area (Å²) in [5.41, 5.74) is 9.94. The molecule has 37 heavy (non-hydrogen) atoms. The molecule has 0 saturated carbocycles. The molecule has 3 aromatic carbocycles. The number of nitrogens with two attached hydrogens (primary N) is 2. The molecule has 0 aliphatic heterocycles. The van der Waals surface area contributed by atoms with Crippen LogP contribution < -0.4 is 21.7 Å². The molecule has 9 nitrogen and oxygen atoms in total. The van der Waals surface area contributed by atoms with Crippen LogP contribution in [0.4, 0.5) is 30.4 Å². The highest BCUT2D eigenvalue weighted by molar-refractivity contribution is 6.14. The second-order valence-electron chi connectivity index (χ2n) is 7.92. The summed E-state index contributed by atoms with van der Waals surface area (Å²) in [4.78, 5) is 45.7. The number of nitrogen functional groups attached to an aromatic ring is 1. The fourth-order valence-corrected chi connectivity index (χ4v) is 3.75. The highest BCUT2D eigenvalue weighted by atomic mass is 19.4. The molecule has 0 fully saturated rings. The Bertz CT molecular complexity index is 1540. The van der Waals surface area contributed by atoms with Crippen molar-refractivity contribution in [3.8, 4) is 0 Å². The van der Waals surface area contributed by atoms with Crippen LogP contribution in [0.15, 0.2) is 67.0 Å². The number of primary amides is 1. The minimum Gasteiger partial charge on any atom is -0.383 e. The Labute approximate surface area is 207 Å². The van der Waals surface area contributed by atoms with Crippen molar-refractivity contribution in [3.63, 3.8) is 0 Å². The third-order valence-corrected chi connectivity index (χ3v) is 5.57. The van der Waals surface area contributed by atoms with Gasteiger partial charge in [0, 0.05) is 22.2 Å². The number of aromatic nitrogens is 2. The molecular weight excluding hydrogens is 489 g/mol. The molecule has 0 radical (unpaired) electrons. The van der Waals surface area contributed by atoms with Gasteiger partial charge in [0.05, 0.1) is 16.8 Å². The number of amides is 3. The Hall–Kier alpha value is -5.00. The summed E-state index contributed by atoms with van der Waals surface area (Å²) < 4.78 is 42.6. The molecular formula is C25H19F3N6O3. The van der Waals surface area contributed by atoms with Crippen LogP contribution in [0.2, 0.25) is 0 Å². The van der Waals surface area contributed by atoms with Gasteiger partial charge < -0.3 is 16.8 Å². The number of carbonyl (C=O) groups is 3. The quantitative estimate of drug-likeness (QED) is 0.347. The van der Waals surface area contributed by atoms with Gasteiger partial charge in [0.25, 0.3) is 11.8 Å². The standard InChI is InChI=1S/C25H19F3N6O3/c1-13-18(33-23(36)17-9-5-8-16-20(17)31-12-32-21(16)29)10-15(22(30)35)11-19(13)34(25(26,27)28)24(37)14-6-3-2-4-7-14/h2-12H,1H3,(H2,30,35)(H,33,36)(H2,29,31,32). The van der Waals surface area contributed by atoms with E-state index in [4.69, 9.17) is 11.5 Å². The van der Waals surface area contributed by atoms with Crippen LogP contribution in [0.1, 0.15) is 36.6 Å². The Morgan fingerprint density at radius 3 is 2.30 bits per heavy atom. The summed E-state index contributed by atoms with van der Waals surface area (Å²) in [5.74, 6) is -3.05. The molecule has 1 heterocycles. The third kappa shape index (κ3) is 4.89. The molecule has 3 amide bonds. The summed E-state index contributed by atoms with van der Waals surface area (Å²) in [7, 11) is 0. The van der Waals surface area contributed by atoms with Crippen LogP contribution in [0.5, 0.6) is 0 Å². The van der Waals surface area contributed by atoms with E-state index < -0.39 is 34.6 Å². The smallest absolute Gasteiger partial charge is 0.383 e. The minimum absolute atomic E-state index is 0.0602. The molecule has 0 spiro atoms. The van der Waals surface area contributed by atoms with Gasteiger partial charge in [-0.2, -0.15) is 0 Å². The maximum Gasteiger partial charge on any atom is 0.491 e. The zero-order chi connectivity index (χ0) is 26.9. The van der Waals surface area contributed by atoms with Gasteiger partial charge >= 0.3 is 6.30 Å². The van der Waals surface area contributed by atoms with E-state index in [2.05, 4.69) is 15.3 Å². The molecule has 0 aliphatic carbocycles. The SMILES string of the molecule is Cc1c(NC(=O)c2cccc3c(N)ncnc23)cc(C(N)=O)cc1N(C(=O)c1ccccc1)C(F)(F)F. The monoisotopic (exact) mass is 508 g/mol. The zero-order valence-corrected chi connectivity index (χ0v) is 19.2. The summed E-state index contributed by atoms with van der Waals surface area (Å²) in [6.07, 6.45) is -4.00. The molecule has 1 aromatic heterocycles. The number of alkyl halides is 3. The van der Waals surface area contributed by atoms with Crippen LogP contribution in [0.3, 0.4) is 0 Å². The number of hydrogen-bond acceptors (Lipinski definition) is 6. The number of carbonyl (C=O) groups excluding carboxylic acids is 3. The summed E-state index contributed by atoms with van der Waals surface area (Å²) >= 11 is 0. The molecule has 12 heteroatoms. The Balaban J connectivity index is 1.84. The van der Waals surface area contributed by atoms with Crippen LogP contribution in [0.25, 0.3) is 10.9 Å². The number of benzene rings is 3. The van der Waals surface area contributed by atoms with E-state index in [1.807, 2.05) is 0 Å². The first-order chi connectivity index (χ1) is 17.5. The number of hydrogen-bond donors (Lipinski definition) is 3. The average molecular weight is 508 g/mol. The number of anilines is 3. The Morgan fingerprint density at radius 2 is 1.65 bits per heavy atom. The van der Waals surface area contributed by atoms with Crippen molar-refractivity contribution in [1.82, 2.24) is 9.97 Å². The van der Waals surface area contributed by atoms with Crippen molar-refractivity contribution in [1.29, 1.82) is 0 Å². The first-order valence-corrected chi connectivity index (χ1v) is 10.7. The minimum atomic E-state index is -5.17. The van der Waals surface area contributed by atoms with Crippen molar-refractivity contribution in [2.24, 2.45) is 5.73 Å². The van der Waals surface area contributed by atoms with E-state index in [0.717, 1.165) is 12.1 Å². The van der Waals surface area contributed by atoms with Crippen molar-refractivity contribution >= 4 is 45.8 Å². The van der Waals surface area contributed by atoms with Crippen LogP contribution >= 0.6 is 0 Å². The predicted octanol–water partition coefficient (Wildman–Crippen LogP) is 4.04. The molecule has 188 valence electrons. The molecule has 0 aliphatic rings. The fraction of sp³-hybridized carbons (Fsp3) is 0.0800. The molecule has 4 aromatic rings. The normalized spacial score (nSPS) is 11.2. The van der Waals surface area contributed by atoms with Crippen molar-refractivity contribution in [2.45, 2.75) is 13.2 Å². The van der Waals surface area contributed by atoms with Gasteiger partial charge in [0.1, 0.15) is 12.1 Å². The van der Waals surface area contributed by atoms with Gasteiger partial charge in [0.2, 0.25) is 5.91 Å². The molecule has 4 rings (SSSR count). The summed E-state index contributed by atoms with van der Waals surface area (Å²) in [6, 6.07) is 13.4. The number of rotatable bonds is 5. The summed E-state index contributed by atoms with van der Waals surface area (Å²) in [5, 5.41) is 2.90. The maximum atomic E-state index is 14.2. The zero-order valence-electron chi connectivity index (χ0n) is 19.2. The van der Waals surface area contributed by atoms with E-state index in [9.17, 15) is 27.6 Å². The number of nitrogens with one attached hydrogen (secondary N) is 1. The Kier molecular flexibility index (Phi) is 6.49. The average Bonchev–Trinajstić information content (AvgIpc) is 2.85. The second kappa shape index (κ2) is 9.57. The lowest BCUT2D eigenvalue weighted by atomic mass is 10.0. The number of fused-ring (bicyclic) bond motifs is 1. The third-order valence-electron chi connectivity index (χ3n) is 5.57. The van der Waals surface area contributed by atoms with Gasteiger partial charge in [-0.25, -0.2) is 14.9 Å². The van der Waals surface area contributed by atoms with E-state index in [1.54, 1.807) is 18.2 Å². The molecule has 0 unspecified atom stereocenters. The topological polar surface area (TPSA) is 144 Å². The van der Waals surface area contributed by atoms with Gasteiger partial charge in [0.15, 0.2) is 0 Å². The fourth-order valence-electron chi connectivity index (χ4n) is 3.75. The van der Waals surface area contributed by atoms with Gasteiger partial charge in [-0.3, -0.25) is 14.4 Å². The number of halogens is 3. The lowest BCUT2D eigenvalue weighted by Gasteiger charge is -2.28.